The van der Waals surface area contributed by atoms with E-state index in [0.717, 1.165) is 12.8 Å². The van der Waals surface area contributed by atoms with E-state index in [1.165, 1.54) is 19.3 Å². The van der Waals surface area contributed by atoms with Crippen LogP contribution in [0.25, 0.3) is 0 Å². The van der Waals surface area contributed by atoms with Gasteiger partial charge >= 0.3 is 5.69 Å². The molecule has 0 aromatic heterocycles. The molecule has 1 saturated carbocycles. The van der Waals surface area contributed by atoms with Crippen LogP contribution in [0.1, 0.15) is 32.1 Å². The van der Waals surface area contributed by atoms with Gasteiger partial charge < -0.3 is 10.1 Å². The van der Waals surface area contributed by atoms with Crippen LogP contribution in [0.3, 0.4) is 0 Å². The summed E-state index contributed by atoms with van der Waals surface area (Å²) in [7, 11) is 1.67. The third kappa shape index (κ3) is 3.42. The minimum absolute atomic E-state index is 0.00214. The Kier molecular flexibility index (Phi) is 5.23. The lowest BCUT2D eigenvalue weighted by molar-refractivity contribution is -0.385. The van der Waals surface area contributed by atoms with Crippen molar-refractivity contribution in [3.63, 3.8) is 0 Å². The van der Waals surface area contributed by atoms with Gasteiger partial charge in [-0.1, -0.05) is 19.3 Å². The van der Waals surface area contributed by atoms with Gasteiger partial charge in [-0.05, 0) is 46.8 Å². The standard InChI is InChI=1S/C14H19BrN2O3/c1-16-12-8-7-11(15)14(13(12)17(18)19)20-9-10-5-3-2-4-6-10/h7-8,10,16H,2-6,9H2,1H3. The summed E-state index contributed by atoms with van der Waals surface area (Å²) in [5, 5.41) is 14.1. The van der Waals surface area contributed by atoms with E-state index >= 15 is 0 Å². The zero-order valence-corrected chi connectivity index (χ0v) is 13.1. The molecule has 5 nitrogen and oxygen atoms in total. The fraction of sp³-hybridized carbons (Fsp3) is 0.571. The van der Waals surface area contributed by atoms with Crippen LogP contribution in [0.2, 0.25) is 0 Å². The van der Waals surface area contributed by atoms with Crippen LogP contribution in [0.5, 0.6) is 5.75 Å². The summed E-state index contributed by atoms with van der Waals surface area (Å²) in [6.07, 6.45) is 6.05. The quantitative estimate of drug-likeness (QED) is 0.637. The van der Waals surface area contributed by atoms with E-state index in [1.54, 1.807) is 19.2 Å². The first-order valence-corrected chi connectivity index (χ1v) is 7.70. The zero-order valence-electron chi connectivity index (χ0n) is 11.5. The van der Waals surface area contributed by atoms with E-state index in [1.807, 2.05) is 0 Å². The minimum atomic E-state index is -0.396. The number of nitro groups is 1. The maximum atomic E-state index is 11.3. The Morgan fingerprint density at radius 3 is 2.70 bits per heavy atom. The normalized spacial score (nSPS) is 15.9. The first-order chi connectivity index (χ1) is 9.63. The number of nitro benzene ring substituents is 1. The number of anilines is 1. The Hall–Kier alpha value is -1.30. The van der Waals surface area contributed by atoms with E-state index in [0.29, 0.717) is 28.4 Å². The number of halogens is 1. The molecule has 1 aromatic rings. The van der Waals surface area contributed by atoms with Crippen LogP contribution in [0, 0.1) is 16.0 Å². The van der Waals surface area contributed by atoms with Gasteiger partial charge in [-0.2, -0.15) is 0 Å². The van der Waals surface area contributed by atoms with E-state index in [9.17, 15) is 10.1 Å². The molecule has 0 heterocycles. The number of nitrogens with one attached hydrogen (secondary N) is 1. The van der Waals surface area contributed by atoms with Gasteiger partial charge in [0.15, 0.2) is 0 Å². The summed E-state index contributed by atoms with van der Waals surface area (Å²) in [6, 6.07) is 3.45. The van der Waals surface area contributed by atoms with E-state index in [-0.39, 0.29) is 5.69 Å². The molecule has 0 radical (unpaired) electrons. The molecule has 6 heteroatoms. The third-order valence-corrected chi connectivity index (χ3v) is 4.35. The SMILES string of the molecule is CNc1ccc(Br)c(OCC2CCCCC2)c1[N+](=O)[O-]. The van der Waals surface area contributed by atoms with Crippen molar-refractivity contribution in [1.82, 2.24) is 0 Å². The predicted octanol–water partition coefficient (Wildman–Crippen LogP) is 4.36. The largest absolute Gasteiger partial charge is 0.486 e. The summed E-state index contributed by atoms with van der Waals surface area (Å²) >= 11 is 3.35. The molecular formula is C14H19BrN2O3. The molecule has 0 aliphatic heterocycles. The van der Waals surface area contributed by atoms with Crippen molar-refractivity contribution in [2.24, 2.45) is 5.92 Å². The van der Waals surface area contributed by atoms with Crippen molar-refractivity contribution < 1.29 is 9.66 Å². The summed E-state index contributed by atoms with van der Waals surface area (Å²) < 4.78 is 6.41. The summed E-state index contributed by atoms with van der Waals surface area (Å²) in [5.74, 6) is 0.834. The summed E-state index contributed by atoms with van der Waals surface area (Å²) in [6.45, 7) is 0.548. The van der Waals surface area contributed by atoms with Gasteiger partial charge in [0.2, 0.25) is 5.75 Å². The van der Waals surface area contributed by atoms with Gasteiger partial charge in [-0.25, -0.2) is 0 Å². The highest BCUT2D eigenvalue weighted by molar-refractivity contribution is 9.10. The van der Waals surface area contributed by atoms with Gasteiger partial charge in [-0.3, -0.25) is 10.1 Å². The average Bonchev–Trinajstić information content (AvgIpc) is 2.46. The van der Waals surface area contributed by atoms with Crippen molar-refractivity contribution in [2.75, 3.05) is 19.0 Å². The maximum absolute atomic E-state index is 11.3. The Morgan fingerprint density at radius 1 is 1.40 bits per heavy atom. The Morgan fingerprint density at radius 2 is 2.10 bits per heavy atom. The Bertz CT molecular complexity index is 488. The van der Waals surface area contributed by atoms with E-state index in [2.05, 4.69) is 21.2 Å². The number of benzene rings is 1. The van der Waals surface area contributed by atoms with Crippen molar-refractivity contribution in [3.05, 3.63) is 26.7 Å². The molecule has 2 rings (SSSR count). The highest BCUT2D eigenvalue weighted by Gasteiger charge is 2.25. The predicted molar refractivity (Wildman–Crippen MR) is 82.4 cm³/mol. The van der Waals surface area contributed by atoms with Gasteiger partial charge in [0, 0.05) is 7.05 Å². The van der Waals surface area contributed by atoms with Crippen LogP contribution in [0.15, 0.2) is 16.6 Å². The Labute approximate surface area is 127 Å². The first kappa shape index (κ1) is 15.1. The molecule has 0 unspecified atom stereocenters. The molecule has 110 valence electrons. The Balaban J connectivity index is 2.18. The zero-order chi connectivity index (χ0) is 14.5. The fourth-order valence-corrected chi connectivity index (χ4v) is 3.06. The van der Waals surface area contributed by atoms with Gasteiger partial charge in [0.05, 0.1) is 16.0 Å². The number of hydrogen-bond donors (Lipinski definition) is 1. The number of nitrogens with zero attached hydrogens (tertiary/aromatic N) is 1. The molecule has 1 aromatic carbocycles. The average molecular weight is 343 g/mol. The number of rotatable bonds is 5. The molecule has 0 atom stereocenters. The minimum Gasteiger partial charge on any atom is -0.486 e. The molecule has 0 spiro atoms. The third-order valence-electron chi connectivity index (χ3n) is 3.72. The molecule has 1 aliphatic rings. The van der Waals surface area contributed by atoms with Crippen molar-refractivity contribution in [2.45, 2.75) is 32.1 Å². The summed E-state index contributed by atoms with van der Waals surface area (Å²) in [5.41, 5.74) is 0.467. The molecule has 1 fully saturated rings. The highest BCUT2D eigenvalue weighted by Crippen LogP contribution is 2.41. The topological polar surface area (TPSA) is 64.4 Å². The van der Waals surface area contributed by atoms with Crippen molar-refractivity contribution >= 4 is 27.3 Å². The lowest BCUT2D eigenvalue weighted by Crippen LogP contribution is -2.16. The van der Waals surface area contributed by atoms with Crippen LogP contribution >= 0.6 is 15.9 Å². The second-order valence-electron chi connectivity index (χ2n) is 5.09. The molecular weight excluding hydrogens is 324 g/mol. The molecule has 1 N–H and O–H groups in total. The van der Waals surface area contributed by atoms with Crippen LogP contribution in [0.4, 0.5) is 11.4 Å². The molecule has 1 aliphatic carbocycles. The number of hydrogen-bond acceptors (Lipinski definition) is 4. The number of ether oxygens (including phenoxy) is 1. The lowest BCUT2D eigenvalue weighted by atomic mass is 9.90. The van der Waals surface area contributed by atoms with Gasteiger partial charge in [0.25, 0.3) is 0 Å². The highest BCUT2D eigenvalue weighted by atomic mass is 79.9. The first-order valence-electron chi connectivity index (χ1n) is 6.91. The van der Waals surface area contributed by atoms with Crippen LogP contribution < -0.4 is 10.1 Å². The molecule has 20 heavy (non-hydrogen) atoms. The van der Waals surface area contributed by atoms with Crippen LogP contribution in [-0.4, -0.2) is 18.6 Å². The molecule has 0 bridgehead atoms. The monoisotopic (exact) mass is 342 g/mol. The van der Waals surface area contributed by atoms with Gasteiger partial charge in [0.1, 0.15) is 5.69 Å². The lowest BCUT2D eigenvalue weighted by Gasteiger charge is -2.22. The molecule has 0 amide bonds. The smallest absolute Gasteiger partial charge is 0.334 e. The van der Waals surface area contributed by atoms with Gasteiger partial charge in [-0.15, -0.1) is 0 Å². The van der Waals surface area contributed by atoms with Crippen LogP contribution in [-0.2, 0) is 0 Å². The second-order valence-corrected chi connectivity index (χ2v) is 5.95. The van der Waals surface area contributed by atoms with E-state index in [4.69, 9.17) is 4.74 Å². The summed E-state index contributed by atoms with van der Waals surface area (Å²) in [4.78, 5) is 10.9. The van der Waals surface area contributed by atoms with E-state index < -0.39 is 4.92 Å². The van der Waals surface area contributed by atoms with Crippen molar-refractivity contribution in [3.8, 4) is 5.75 Å². The maximum Gasteiger partial charge on any atom is 0.334 e. The van der Waals surface area contributed by atoms with Crippen molar-refractivity contribution in [1.29, 1.82) is 0 Å². The fourth-order valence-electron chi connectivity index (χ4n) is 2.62. The molecule has 0 saturated heterocycles. The second kappa shape index (κ2) is 6.92.